The third kappa shape index (κ3) is 8.19. The average molecular weight is 349 g/mol. The van der Waals surface area contributed by atoms with Gasteiger partial charge in [0.2, 0.25) is 5.91 Å². The normalized spacial score (nSPS) is 11.4. The Hall–Kier alpha value is -2.57. The van der Waals surface area contributed by atoms with E-state index in [2.05, 4.69) is 10.6 Å². The number of benzene rings is 1. The Morgan fingerprint density at radius 3 is 2.44 bits per heavy atom. The van der Waals surface area contributed by atoms with E-state index in [1.54, 1.807) is 7.05 Å². The number of hydrogen-bond acceptors (Lipinski definition) is 3. The molecule has 0 aromatic heterocycles. The van der Waals surface area contributed by atoms with Crippen LogP contribution in [0.4, 0.5) is 4.79 Å². The van der Waals surface area contributed by atoms with Crippen LogP contribution in [0.5, 0.6) is 0 Å². The fraction of sp³-hybridized carbons (Fsp3) is 0.500. The zero-order valence-electron chi connectivity index (χ0n) is 14.8. The lowest BCUT2D eigenvalue weighted by molar-refractivity contribution is -0.141. The van der Waals surface area contributed by atoms with Crippen molar-refractivity contribution in [1.82, 2.24) is 15.5 Å². The number of carboxylic acids is 1. The second kappa shape index (κ2) is 11.1. The van der Waals surface area contributed by atoms with Gasteiger partial charge in [0, 0.05) is 33.1 Å². The summed E-state index contributed by atoms with van der Waals surface area (Å²) in [6.07, 6.45) is 1.39. The number of carbonyl (C=O) groups excluding carboxylic acids is 2. The van der Waals surface area contributed by atoms with Gasteiger partial charge in [-0.25, -0.2) is 4.79 Å². The lowest BCUT2D eigenvalue weighted by Crippen LogP contribution is -2.39. The van der Waals surface area contributed by atoms with Gasteiger partial charge in [-0.3, -0.25) is 9.59 Å². The van der Waals surface area contributed by atoms with Crippen molar-refractivity contribution in [2.45, 2.75) is 32.7 Å². The second-order valence-corrected chi connectivity index (χ2v) is 5.95. The fourth-order valence-electron chi connectivity index (χ4n) is 2.33. The van der Waals surface area contributed by atoms with Gasteiger partial charge in [-0.15, -0.1) is 0 Å². The molecule has 0 heterocycles. The molecule has 25 heavy (non-hydrogen) atoms. The summed E-state index contributed by atoms with van der Waals surface area (Å²) in [7, 11) is 1.69. The molecule has 1 aromatic carbocycles. The van der Waals surface area contributed by atoms with Gasteiger partial charge in [0.15, 0.2) is 0 Å². The summed E-state index contributed by atoms with van der Waals surface area (Å²) >= 11 is 0. The van der Waals surface area contributed by atoms with Gasteiger partial charge in [-0.05, 0) is 12.0 Å². The molecule has 7 heteroatoms. The molecule has 0 bridgehead atoms. The minimum absolute atomic E-state index is 0.114. The molecular weight excluding hydrogens is 322 g/mol. The summed E-state index contributed by atoms with van der Waals surface area (Å²) in [5, 5.41) is 14.3. The number of hydrogen-bond donors (Lipinski definition) is 3. The maximum absolute atomic E-state index is 12.0. The van der Waals surface area contributed by atoms with Crippen LogP contribution in [0, 0.1) is 5.92 Å². The van der Waals surface area contributed by atoms with Crippen molar-refractivity contribution in [2.24, 2.45) is 5.92 Å². The Balaban J connectivity index is 2.25. The van der Waals surface area contributed by atoms with Crippen LogP contribution in [0.1, 0.15) is 31.7 Å². The van der Waals surface area contributed by atoms with Gasteiger partial charge in [0.25, 0.3) is 0 Å². The molecule has 0 radical (unpaired) electrons. The first-order chi connectivity index (χ1) is 11.9. The lowest BCUT2D eigenvalue weighted by atomic mass is 10.0. The molecular formula is C18H27N3O4. The van der Waals surface area contributed by atoms with E-state index in [0.717, 1.165) is 12.0 Å². The van der Waals surface area contributed by atoms with Crippen molar-refractivity contribution >= 4 is 17.9 Å². The molecule has 0 fully saturated rings. The number of urea groups is 1. The molecule has 0 aliphatic heterocycles. The summed E-state index contributed by atoms with van der Waals surface area (Å²) in [5.74, 6) is -1.74. The lowest BCUT2D eigenvalue weighted by Gasteiger charge is -2.18. The summed E-state index contributed by atoms with van der Waals surface area (Å²) < 4.78 is 0. The van der Waals surface area contributed by atoms with Crippen LogP contribution >= 0.6 is 0 Å². The summed E-state index contributed by atoms with van der Waals surface area (Å²) in [6, 6.07) is 9.35. The Bertz CT molecular complexity index is 563. The summed E-state index contributed by atoms with van der Waals surface area (Å²) in [4.78, 5) is 36.3. The number of nitrogens with one attached hydrogen (secondary N) is 2. The van der Waals surface area contributed by atoms with Crippen LogP contribution in [0.3, 0.4) is 0 Å². The molecule has 1 unspecified atom stereocenters. The number of amides is 3. The minimum Gasteiger partial charge on any atom is -0.481 e. The highest BCUT2D eigenvalue weighted by atomic mass is 16.4. The smallest absolute Gasteiger partial charge is 0.317 e. The van der Waals surface area contributed by atoms with Crippen LogP contribution in [0.15, 0.2) is 30.3 Å². The van der Waals surface area contributed by atoms with Crippen molar-refractivity contribution in [3.8, 4) is 0 Å². The third-order valence-electron chi connectivity index (χ3n) is 3.77. The fourth-order valence-corrected chi connectivity index (χ4v) is 2.33. The van der Waals surface area contributed by atoms with Crippen LogP contribution in [0.2, 0.25) is 0 Å². The predicted octanol–water partition coefficient (Wildman–Crippen LogP) is 1.84. The number of carboxylic acid groups (broad SMARTS) is 1. The Kier molecular flexibility index (Phi) is 9.06. The van der Waals surface area contributed by atoms with E-state index in [-0.39, 0.29) is 31.4 Å². The molecule has 1 aromatic rings. The van der Waals surface area contributed by atoms with Crippen molar-refractivity contribution in [3.05, 3.63) is 35.9 Å². The molecule has 0 aliphatic rings. The van der Waals surface area contributed by atoms with E-state index < -0.39 is 11.9 Å². The summed E-state index contributed by atoms with van der Waals surface area (Å²) in [5.41, 5.74) is 1.02. The van der Waals surface area contributed by atoms with Crippen molar-refractivity contribution in [3.63, 3.8) is 0 Å². The molecule has 138 valence electrons. The van der Waals surface area contributed by atoms with Gasteiger partial charge in [-0.2, -0.15) is 0 Å². The second-order valence-electron chi connectivity index (χ2n) is 5.95. The zero-order valence-corrected chi connectivity index (χ0v) is 14.8. The maximum Gasteiger partial charge on any atom is 0.317 e. The van der Waals surface area contributed by atoms with Gasteiger partial charge < -0.3 is 20.6 Å². The molecule has 7 nitrogen and oxygen atoms in total. The van der Waals surface area contributed by atoms with E-state index in [1.165, 1.54) is 4.90 Å². The molecule has 0 saturated heterocycles. The largest absolute Gasteiger partial charge is 0.481 e. The first kappa shape index (κ1) is 20.5. The highest BCUT2D eigenvalue weighted by Crippen LogP contribution is 2.05. The first-order valence-electron chi connectivity index (χ1n) is 8.46. The van der Waals surface area contributed by atoms with Crippen LogP contribution < -0.4 is 10.6 Å². The predicted molar refractivity (Wildman–Crippen MR) is 95.0 cm³/mol. The number of rotatable bonds is 10. The van der Waals surface area contributed by atoms with Crippen LogP contribution in [0.25, 0.3) is 0 Å². The number of carbonyl (C=O) groups is 3. The summed E-state index contributed by atoms with van der Waals surface area (Å²) in [6.45, 7) is 2.70. The SMILES string of the molecule is CCCC(CNC(=O)CCNC(=O)N(C)Cc1ccccc1)C(=O)O. The van der Waals surface area contributed by atoms with Gasteiger partial charge in [0.05, 0.1) is 5.92 Å². The zero-order chi connectivity index (χ0) is 18.7. The van der Waals surface area contributed by atoms with E-state index >= 15 is 0 Å². The quantitative estimate of drug-likeness (QED) is 0.600. The standard InChI is InChI=1S/C18H27N3O4/c1-3-7-15(17(23)24)12-20-16(22)10-11-19-18(25)21(2)13-14-8-5-4-6-9-14/h4-6,8-9,15H,3,7,10-13H2,1-2H3,(H,19,25)(H,20,22)(H,23,24). The van der Waals surface area contributed by atoms with Gasteiger partial charge in [-0.1, -0.05) is 43.7 Å². The van der Waals surface area contributed by atoms with E-state index in [1.807, 2.05) is 37.3 Å². The Labute approximate surface area is 148 Å². The number of aliphatic carboxylic acids is 1. The molecule has 1 atom stereocenters. The molecule has 0 saturated carbocycles. The van der Waals surface area contributed by atoms with Gasteiger partial charge >= 0.3 is 12.0 Å². The number of nitrogens with zero attached hydrogens (tertiary/aromatic N) is 1. The molecule has 3 N–H and O–H groups in total. The highest BCUT2D eigenvalue weighted by molar-refractivity contribution is 5.79. The Morgan fingerprint density at radius 1 is 1.16 bits per heavy atom. The molecule has 0 aliphatic carbocycles. The highest BCUT2D eigenvalue weighted by Gasteiger charge is 2.17. The minimum atomic E-state index is -0.905. The van der Waals surface area contributed by atoms with Crippen LogP contribution in [-0.2, 0) is 16.1 Å². The molecule has 0 spiro atoms. The molecule has 1 rings (SSSR count). The van der Waals surface area contributed by atoms with Gasteiger partial charge in [0.1, 0.15) is 0 Å². The van der Waals surface area contributed by atoms with E-state index in [9.17, 15) is 14.4 Å². The first-order valence-corrected chi connectivity index (χ1v) is 8.46. The van der Waals surface area contributed by atoms with E-state index in [4.69, 9.17) is 5.11 Å². The third-order valence-corrected chi connectivity index (χ3v) is 3.77. The van der Waals surface area contributed by atoms with Crippen molar-refractivity contribution in [1.29, 1.82) is 0 Å². The Morgan fingerprint density at radius 2 is 1.84 bits per heavy atom. The van der Waals surface area contributed by atoms with Crippen LogP contribution in [-0.4, -0.2) is 48.1 Å². The average Bonchev–Trinajstić information content (AvgIpc) is 2.59. The maximum atomic E-state index is 12.0. The molecule has 3 amide bonds. The monoisotopic (exact) mass is 349 g/mol. The van der Waals surface area contributed by atoms with Crippen molar-refractivity contribution < 1.29 is 19.5 Å². The van der Waals surface area contributed by atoms with E-state index in [0.29, 0.717) is 13.0 Å². The topological polar surface area (TPSA) is 98.7 Å². The van der Waals surface area contributed by atoms with Crippen molar-refractivity contribution in [2.75, 3.05) is 20.1 Å².